The molecule has 1 aliphatic rings. The molecular formula is C19H22O4. The molecule has 1 aromatic carbocycles. The number of aryl methyl sites for hydroxylation is 1. The number of carbonyl (C=O) groups excluding carboxylic acids is 1. The van der Waals surface area contributed by atoms with Crippen LogP contribution in [0, 0.1) is 12.8 Å². The lowest BCUT2D eigenvalue weighted by Gasteiger charge is -2.23. The van der Waals surface area contributed by atoms with Crippen molar-refractivity contribution in [2.24, 2.45) is 5.92 Å². The first-order chi connectivity index (χ1) is 11.0. The molecule has 2 aromatic rings. The van der Waals surface area contributed by atoms with Crippen LogP contribution in [0.5, 0.6) is 0 Å². The summed E-state index contributed by atoms with van der Waals surface area (Å²) in [7, 11) is 0. The molecule has 4 nitrogen and oxygen atoms in total. The zero-order valence-electron chi connectivity index (χ0n) is 13.8. The molecule has 1 aliphatic carbocycles. The number of carbonyl (C=O) groups is 1. The summed E-state index contributed by atoms with van der Waals surface area (Å²) in [6.07, 6.45) is 2.91. The third-order valence-electron chi connectivity index (χ3n) is 4.65. The summed E-state index contributed by atoms with van der Waals surface area (Å²) < 4.78 is 10.7. The van der Waals surface area contributed by atoms with Crippen LogP contribution >= 0.6 is 0 Å². The summed E-state index contributed by atoms with van der Waals surface area (Å²) in [5.74, 6) is 0.250. The van der Waals surface area contributed by atoms with Crippen molar-refractivity contribution in [3.05, 3.63) is 45.3 Å². The Labute approximate surface area is 135 Å². The molecule has 23 heavy (non-hydrogen) atoms. The standard InChI is InChI=1S/C19H22O4/c1-11(2)15-9-16-14(10-22-19(21)13-5-4-6-13)8-18(20)23-17(16)7-12(15)3/h7-9,11,13H,4-6,10H2,1-3H3. The molecule has 1 saturated carbocycles. The molecule has 1 heterocycles. The number of esters is 1. The van der Waals surface area contributed by atoms with Crippen LogP contribution in [0.4, 0.5) is 0 Å². The van der Waals surface area contributed by atoms with E-state index in [1.807, 2.05) is 19.1 Å². The first-order valence-electron chi connectivity index (χ1n) is 8.19. The number of rotatable bonds is 4. The van der Waals surface area contributed by atoms with Gasteiger partial charge in [0.15, 0.2) is 0 Å². The number of hydrogen-bond acceptors (Lipinski definition) is 4. The first kappa shape index (κ1) is 15.8. The highest BCUT2D eigenvalue weighted by Crippen LogP contribution is 2.29. The van der Waals surface area contributed by atoms with Crippen LogP contribution in [0.3, 0.4) is 0 Å². The highest BCUT2D eigenvalue weighted by Gasteiger charge is 2.26. The van der Waals surface area contributed by atoms with Gasteiger partial charge in [0.25, 0.3) is 0 Å². The van der Waals surface area contributed by atoms with E-state index in [4.69, 9.17) is 9.15 Å². The summed E-state index contributed by atoms with van der Waals surface area (Å²) in [5.41, 5.74) is 3.15. The highest BCUT2D eigenvalue weighted by atomic mass is 16.5. The third kappa shape index (κ3) is 3.16. The van der Waals surface area contributed by atoms with E-state index in [0.717, 1.165) is 30.2 Å². The number of ether oxygens (including phenoxy) is 1. The van der Waals surface area contributed by atoms with Gasteiger partial charge in [-0.1, -0.05) is 20.3 Å². The van der Waals surface area contributed by atoms with Crippen molar-refractivity contribution in [3.63, 3.8) is 0 Å². The lowest BCUT2D eigenvalue weighted by atomic mass is 9.86. The molecular weight excluding hydrogens is 292 g/mol. The van der Waals surface area contributed by atoms with Gasteiger partial charge in [-0.25, -0.2) is 4.79 Å². The van der Waals surface area contributed by atoms with Gasteiger partial charge in [0.1, 0.15) is 12.2 Å². The zero-order chi connectivity index (χ0) is 16.6. The van der Waals surface area contributed by atoms with Gasteiger partial charge in [-0.15, -0.1) is 0 Å². The van der Waals surface area contributed by atoms with Crippen LogP contribution in [-0.4, -0.2) is 5.97 Å². The van der Waals surface area contributed by atoms with Gasteiger partial charge >= 0.3 is 11.6 Å². The van der Waals surface area contributed by atoms with Crippen LogP contribution in [0.1, 0.15) is 55.7 Å². The Bertz CT molecular complexity index is 797. The van der Waals surface area contributed by atoms with Gasteiger partial charge < -0.3 is 9.15 Å². The second-order valence-corrected chi connectivity index (χ2v) is 6.69. The lowest BCUT2D eigenvalue weighted by Crippen LogP contribution is -2.24. The molecule has 1 fully saturated rings. The van der Waals surface area contributed by atoms with E-state index in [9.17, 15) is 9.59 Å². The maximum atomic E-state index is 11.9. The van der Waals surface area contributed by atoms with Crippen molar-refractivity contribution in [1.82, 2.24) is 0 Å². The van der Waals surface area contributed by atoms with Crippen LogP contribution in [0.25, 0.3) is 11.0 Å². The van der Waals surface area contributed by atoms with E-state index in [1.165, 1.54) is 11.6 Å². The van der Waals surface area contributed by atoms with E-state index in [-0.39, 0.29) is 18.5 Å². The van der Waals surface area contributed by atoms with E-state index in [0.29, 0.717) is 17.1 Å². The van der Waals surface area contributed by atoms with E-state index >= 15 is 0 Å². The summed E-state index contributed by atoms with van der Waals surface area (Å²) in [4.78, 5) is 23.7. The van der Waals surface area contributed by atoms with E-state index < -0.39 is 5.63 Å². The summed E-state index contributed by atoms with van der Waals surface area (Å²) in [5, 5.41) is 0.848. The summed E-state index contributed by atoms with van der Waals surface area (Å²) in [6.45, 7) is 6.39. The molecule has 0 saturated heterocycles. The Morgan fingerprint density at radius 1 is 1.30 bits per heavy atom. The van der Waals surface area contributed by atoms with Gasteiger partial charge in [0.2, 0.25) is 0 Å². The molecule has 4 heteroatoms. The minimum absolute atomic E-state index is 0.0369. The topological polar surface area (TPSA) is 56.5 Å². The van der Waals surface area contributed by atoms with Crippen molar-refractivity contribution in [3.8, 4) is 0 Å². The van der Waals surface area contributed by atoms with Gasteiger partial charge in [0.05, 0.1) is 5.92 Å². The maximum absolute atomic E-state index is 11.9. The fraction of sp³-hybridized carbons (Fsp3) is 0.474. The largest absolute Gasteiger partial charge is 0.461 e. The maximum Gasteiger partial charge on any atom is 0.336 e. The number of benzene rings is 1. The van der Waals surface area contributed by atoms with Crippen LogP contribution in [-0.2, 0) is 16.1 Å². The molecule has 0 N–H and O–H groups in total. The molecule has 122 valence electrons. The first-order valence-corrected chi connectivity index (χ1v) is 8.19. The van der Waals surface area contributed by atoms with Gasteiger partial charge in [0, 0.05) is 17.0 Å². The average Bonchev–Trinajstić information content (AvgIpc) is 2.41. The Hall–Kier alpha value is -2.10. The fourth-order valence-electron chi connectivity index (χ4n) is 3.04. The van der Waals surface area contributed by atoms with Gasteiger partial charge in [-0.05, 0) is 48.9 Å². The van der Waals surface area contributed by atoms with Gasteiger partial charge in [-0.2, -0.15) is 0 Å². The predicted molar refractivity (Wildman–Crippen MR) is 88.4 cm³/mol. The molecule has 1 aromatic heterocycles. The van der Waals surface area contributed by atoms with E-state index in [2.05, 4.69) is 13.8 Å². The van der Waals surface area contributed by atoms with Crippen LogP contribution < -0.4 is 5.63 Å². The highest BCUT2D eigenvalue weighted by molar-refractivity contribution is 5.82. The Morgan fingerprint density at radius 2 is 2.04 bits per heavy atom. The monoisotopic (exact) mass is 314 g/mol. The third-order valence-corrected chi connectivity index (χ3v) is 4.65. The smallest absolute Gasteiger partial charge is 0.336 e. The zero-order valence-corrected chi connectivity index (χ0v) is 13.8. The average molecular weight is 314 g/mol. The number of fused-ring (bicyclic) bond motifs is 1. The van der Waals surface area contributed by atoms with Crippen LogP contribution in [0.2, 0.25) is 0 Å². The summed E-state index contributed by atoms with van der Waals surface area (Å²) in [6, 6.07) is 5.37. The van der Waals surface area contributed by atoms with Crippen molar-refractivity contribution in [2.45, 2.75) is 52.6 Å². The molecule has 0 spiro atoms. The SMILES string of the molecule is Cc1cc2oc(=O)cc(COC(=O)C3CCC3)c2cc1C(C)C. The second-order valence-electron chi connectivity index (χ2n) is 6.69. The Kier molecular flexibility index (Phi) is 4.24. The molecule has 0 aliphatic heterocycles. The van der Waals surface area contributed by atoms with Crippen molar-refractivity contribution < 1.29 is 13.9 Å². The Balaban J connectivity index is 1.95. The normalized spacial score (nSPS) is 15.0. The molecule has 0 atom stereocenters. The fourth-order valence-corrected chi connectivity index (χ4v) is 3.04. The number of hydrogen-bond donors (Lipinski definition) is 0. The van der Waals surface area contributed by atoms with E-state index in [1.54, 1.807) is 0 Å². The Morgan fingerprint density at radius 3 is 2.65 bits per heavy atom. The van der Waals surface area contributed by atoms with Crippen molar-refractivity contribution >= 4 is 16.9 Å². The molecule has 0 radical (unpaired) electrons. The lowest BCUT2D eigenvalue weighted by molar-refractivity contribution is -0.152. The van der Waals surface area contributed by atoms with Crippen molar-refractivity contribution in [2.75, 3.05) is 0 Å². The van der Waals surface area contributed by atoms with Crippen molar-refractivity contribution in [1.29, 1.82) is 0 Å². The molecule has 0 unspecified atom stereocenters. The predicted octanol–water partition coefficient (Wildman–Crippen LogP) is 4.07. The summed E-state index contributed by atoms with van der Waals surface area (Å²) >= 11 is 0. The van der Waals surface area contributed by atoms with Gasteiger partial charge in [-0.3, -0.25) is 4.79 Å². The molecule has 0 amide bonds. The van der Waals surface area contributed by atoms with Crippen LogP contribution in [0.15, 0.2) is 27.4 Å². The molecule has 3 rings (SSSR count). The quantitative estimate of drug-likeness (QED) is 0.630. The minimum Gasteiger partial charge on any atom is -0.461 e. The molecule has 0 bridgehead atoms. The second kappa shape index (κ2) is 6.19. The minimum atomic E-state index is -0.413.